The van der Waals surface area contributed by atoms with Gasteiger partial charge in [0.1, 0.15) is 5.75 Å². The van der Waals surface area contributed by atoms with Gasteiger partial charge in [0.2, 0.25) is 0 Å². The molecule has 0 heterocycles. The lowest BCUT2D eigenvalue weighted by molar-refractivity contribution is 0.420. The molecule has 0 unspecified atom stereocenters. The topological polar surface area (TPSA) is 33.1 Å². The smallest absolute Gasteiger partial charge is 0.193 e. The first kappa shape index (κ1) is 7.95. The lowest BCUT2D eigenvalue weighted by Gasteiger charge is -2.06. The van der Waals surface area contributed by atoms with Gasteiger partial charge in [0.25, 0.3) is 0 Å². The third kappa shape index (κ3) is 1.38. The minimum Gasteiger partial charge on any atom is -0.496 e. The Hall–Kier alpha value is -1.40. The number of nitrogens with one attached hydrogen (secondary N) is 1. The first-order valence-electron chi connectivity index (χ1n) is 4.72. The summed E-state index contributed by atoms with van der Waals surface area (Å²) in [5.41, 5.74) is 0. The van der Waals surface area contributed by atoms with Crippen LogP contribution >= 0.6 is 8.37 Å². The zero-order valence-corrected chi connectivity index (χ0v) is 8.66. The van der Waals surface area contributed by atoms with Crippen molar-refractivity contribution < 1.29 is 6.15 Å². The van der Waals surface area contributed by atoms with E-state index in [1.165, 1.54) is 0 Å². The van der Waals surface area contributed by atoms with Gasteiger partial charge in [-0.05, 0) is 17.5 Å². The van der Waals surface area contributed by atoms with Crippen molar-refractivity contribution >= 4 is 24.4 Å². The third-order valence-electron chi connectivity index (χ3n) is 2.19. The second kappa shape index (κ2) is 3.77. The standard InChI is InChI=1S/C11H10NOP/c1-13-10-6-7-11(14-12)9-5-3-2-4-8(9)10/h2-7,12H,1H3/i/hH. The van der Waals surface area contributed by atoms with Gasteiger partial charge in [0.15, 0.2) is 1.41 Å². The summed E-state index contributed by atoms with van der Waals surface area (Å²) >= 11 is 0. The summed E-state index contributed by atoms with van der Waals surface area (Å²) in [6.45, 7) is 0. The van der Waals surface area contributed by atoms with Gasteiger partial charge in [0, 0.05) is 19.1 Å². The quantitative estimate of drug-likeness (QED) is 0.747. The van der Waals surface area contributed by atoms with Gasteiger partial charge in [0.05, 0.1) is 7.11 Å². The first-order chi connectivity index (χ1) is 7.36. The fraction of sp³-hybridized carbons (Fsp3) is 0.0909. The Labute approximate surface area is 85.7 Å². The van der Waals surface area contributed by atoms with E-state index >= 15 is 0 Å². The second-order valence-electron chi connectivity index (χ2n) is 2.93. The van der Waals surface area contributed by atoms with E-state index in [1.54, 1.807) is 7.11 Å². The fourth-order valence-electron chi connectivity index (χ4n) is 1.52. The van der Waals surface area contributed by atoms with Crippen LogP contribution in [-0.4, -0.2) is 7.11 Å². The highest BCUT2D eigenvalue weighted by molar-refractivity contribution is 7.36. The maximum atomic E-state index is 6.90. The Morgan fingerprint density at radius 3 is 2.71 bits per heavy atom. The molecular formula is C11H10NOP. The number of hydrogen-bond acceptors (Lipinski definition) is 2. The van der Waals surface area contributed by atoms with Gasteiger partial charge < -0.3 is 4.74 Å². The molecule has 0 amide bonds. The molecule has 0 aromatic heterocycles. The summed E-state index contributed by atoms with van der Waals surface area (Å²) in [5, 5.41) is 6.58. The van der Waals surface area contributed by atoms with Crippen LogP contribution in [0.2, 0.25) is 1.41 Å². The van der Waals surface area contributed by atoms with E-state index < -0.39 is 0 Å². The van der Waals surface area contributed by atoms with Crippen LogP contribution < -0.4 is 10.0 Å². The minimum atomic E-state index is 0.667. The summed E-state index contributed by atoms with van der Waals surface area (Å²) in [6.07, 6.45) is 0. The highest BCUT2D eigenvalue weighted by Gasteiger charge is 2.03. The molecule has 0 saturated carbocycles. The Balaban J connectivity index is 2.77. The maximum Gasteiger partial charge on any atom is 0.193 e. The Morgan fingerprint density at radius 2 is 2.00 bits per heavy atom. The molecule has 0 radical (unpaired) electrons. The van der Waals surface area contributed by atoms with E-state index in [2.05, 4.69) is 5.15 Å². The molecule has 2 nitrogen and oxygen atoms in total. The van der Waals surface area contributed by atoms with Gasteiger partial charge in [-0.3, -0.25) is 5.15 Å². The predicted octanol–water partition coefficient (Wildman–Crippen LogP) is 3.18. The van der Waals surface area contributed by atoms with Gasteiger partial charge in [-0.25, -0.2) is 0 Å². The molecule has 0 atom stereocenters. The molecule has 0 aliphatic heterocycles. The van der Waals surface area contributed by atoms with Crippen LogP contribution in [0.1, 0.15) is 0 Å². The molecule has 3 heteroatoms. The number of ether oxygens (including phenoxy) is 1. The number of benzene rings is 2. The zero-order chi connectivity index (χ0) is 10.7. The number of methoxy groups -OCH3 is 1. The molecule has 0 saturated heterocycles. The summed E-state index contributed by atoms with van der Waals surface area (Å²) in [7, 11) is 2.33. The SMILES string of the molecule is [1H]N=Pc1ccc(OC)c2ccccc12. The van der Waals surface area contributed by atoms with Crippen molar-refractivity contribution in [3.8, 4) is 5.75 Å². The largest absolute Gasteiger partial charge is 0.496 e. The highest BCUT2D eigenvalue weighted by atomic mass is 31.1. The van der Waals surface area contributed by atoms with Crippen molar-refractivity contribution in [2.45, 2.75) is 0 Å². The Bertz CT molecular complexity index is 513. The van der Waals surface area contributed by atoms with Crippen molar-refractivity contribution in [3.05, 3.63) is 36.4 Å². The molecule has 1 N–H and O–H groups in total. The highest BCUT2D eigenvalue weighted by Crippen LogP contribution is 2.25. The van der Waals surface area contributed by atoms with Gasteiger partial charge in [-0.15, -0.1) is 0 Å². The van der Waals surface area contributed by atoms with Crippen LogP contribution in [0.25, 0.3) is 10.8 Å². The minimum absolute atomic E-state index is 0.667. The van der Waals surface area contributed by atoms with Gasteiger partial charge >= 0.3 is 0 Å². The number of hydrogen-bond donors (Lipinski definition) is 1. The van der Waals surface area contributed by atoms with E-state index in [0.29, 0.717) is 8.37 Å². The monoisotopic (exact) mass is 203 g/mol. The van der Waals surface area contributed by atoms with E-state index in [4.69, 9.17) is 6.15 Å². The molecule has 0 spiro atoms. The summed E-state index contributed by atoms with van der Waals surface area (Å²) < 4.78 is 12.2. The normalized spacial score (nSPS) is 11.9. The second-order valence-corrected chi connectivity index (χ2v) is 3.61. The van der Waals surface area contributed by atoms with Crippen LogP contribution in [0.5, 0.6) is 5.75 Å². The van der Waals surface area contributed by atoms with Gasteiger partial charge in [-0.2, -0.15) is 0 Å². The lowest BCUT2D eigenvalue weighted by atomic mass is 10.1. The first-order valence-corrected chi connectivity index (χ1v) is 5.12. The Kier molecular flexibility index (Phi) is 2.14. The Morgan fingerprint density at radius 1 is 1.21 bits per heavy atom. The van der Waals surface area contributed by atoms with Crippen LogP contribution in [0, 0.1) is 5.15 Å². The molecule has 14 heavy (non-hydrogen) atoms. The van der Waals surface area contributed by atoms with Crippen molar-refractivity contribution in [1.29, 1.82) is 5.15 Å². The van der Waals surface area contributed by atoms with Crippen LogP contribution in [-0.2, 0) is 0 Å². The van der Waals surface area contributed by atoms with Crippen LogP contribution in [0.15, 0.2) is 36.4 Å². The fourth-order valence-corrected chi connectivity index (χ4v) is 1.96. The lowest BCUT2D eigenvalue weighted by Crippen LogP contribution is -1.95. The molecule has 0 aliphatic carbocycles. The molecular weight excluding hydrogens is 193 g/mol. The van der Waals surface area contributed by atoms with Gasteiger partial charge in [-0.1, -0.05) is 24.3 Å². The molecule has 70 valence electrons. The van der Waals surface area contributed by atoms with E-state index in [1.807, 2.05) is 36.4 Å². The molecule has 2 rings (SSSR count). The zero-order valence-electron chi connectivity index (χ0n) is 8.77. The van der Waals surface area contributed by atoms with Crippen LogP contribution in [0.3, 0.4) is 0 Å². The van der Waals surface area contributed by atoms with E-state index in [9.17, 15) is 0 Å². The third-order valence-corrected chi connectivity index (χ3v) is 2.79. The summed E-state index contributed by atoms with van der Waals surface area (Å²) in [6, 6.07) is 11.8. The van der Waals surface area contributed by atoms with Crippen molar-refractivity contribution in [1.82, 2.24) is 0 Å². The molecule has 0 bridgehead atoms. The summed E-state index contributed by atoms with van der Waals surface area (Å²) in [5.74, 6) is 0.856. The van der Waals surface area contributed by atoms with Crippen molar-refractivity contribution in [2.75, 3.05) is 7.11 Å². The predicted molar refractivity (Wildman–Crippen MR) is 59.8 cm³/mol. The maximum absolute atomic E-state index is 6.90. The van der Waals surface area contributed by atoms with Crippen molar-refractivity contribution in [2.24, 2.45) is 0 Å². The molecule has 2 aromatic rings. The van der Waals surface area contributed by atoms with Crippen molar-refractivity contribution in [3.63, 3.8) is 0 Å². The average Bonchev–Trinajstić information content (AvgIpc) is 2.30. The summed E-state index contributed by atoms with van der Waals surface area (Å²) in [4.78, 5) is 0. The molecule has 0 aliphatic rings. The van der Waals surface area contributed by atoms with Crippen LogP contribution in [0.4, 0.5) is 0 Å². The van der Waals surface area contributed by atoms with E-state index in [-0.39, 0.29) is 0 Å². The molecule has 2 aromatic carbocycles. The average molecular weight is 203 g/mol. The number of fused-ring (bicyclic) bond motifs is 1. The number of rotatable bonds is 2. The molecule has 0 fully saturated rings. The van der Waals surface area contributed by atoms with E-state index in [0.717, 1.165) is 21.8 Å².